The lowest BCUT2D eigenvalue weighted by Crippen LogP contribution is -2.26. The van der Waals surface area contributed by atoms with Crippen molar-refractivity contribution in [2.45, 2.75) is 64.2 Å². The monoisotopic (exact) mass is 733 g/mol. The molecule has 0 radical (unpaired) electrons. The summed E-state index contributed by atoms with van der Waals surface area (Å²) in [5, 5.41) is 0. The lowest BCUT2D eigenvalue weighted by molar-refractivity contribution is 0.657. The first-order valence-corrected chi connectivity index (χ1v) is 20.7. The third kappa shape index (κ3) is 4.35. The number of allylic oxidation sites excluding steroid dienone is 4. The second-order valence-corrected chi connectivity index (χ2v) is 17.4. The van der Waals surface area contributed by atoms with Crippen molar-refractivity contribution >= 4 is 22.6 Å². The van der Waals surface area contributed by atoms with Crippen molar-refractivity contribution in [1.82, 2.24) is 0 Å². The van der Waals surface area contributed by atoms with Gasteiger partial charge in [-0.25, -0.2) is 0 Å². The highest BCUT2D eigenvalue weighted by Gasteiger charge is 2.51. The van der Waals surface area contributed by atoms with Gasteiger partial charge in [-0.2, -0.15) is 0 Å². The molecule has 0 N–H and O–H groups in total. The lowest BCUT2D eigenvalue weighted by Gasteiger charge is -2.33. The molecule has 1 nitrogen and oxygen atoms in total. The van der Waals surface area contributed by atoms with Crippen LogP contribution in [0.2, 0.25) is 0 Å². The first-order valence-electron chi connectivity index (χ1n) is 20.7. The number of fused-ring (bicyclic) bond motifs is 14. The van der Waals surface area contributed by atoms with E-state index < -0.39 is 5.41 Å². The molecule has 4 aliphatic rings. The van der Waals surface area contributed by atoms with Crippen LogP contribution in [0.3, 0.4) is 0 Å². The van der Waals surface area contributed by atoms with E-state index in [0.717, 1.165) is 6.42 Å². The summed E-state index contributed by atoms with van der Waals surface area (Å²) in [5.41, 5.74) is 24.6. The van der Waals surface area contributed by atoms with E-state index in [0.29, 0.717) is 0 Å². The molecule has 0 fully saturated rings. The summed E-state index contributed by atoms with van der Waals surface area (Å²) in [5.74, 6) is 0. The van der Waals surface area contributed by atoms with Crippen LogP contribution in [-0.4, -0.2) is 0 Å². The Balaban J connectivity index is 1.18. The Kier molecular flexibility index (Phi) is 7.13. The number of rotatable bonds is 4. The van der Waals surface area contributed by atoms with Crippen molar-refractivity contribution in [3.05, 3.63) is 214 Å². The van der Waals surface area contributed by atoms with Crippen molar-refractivity contribution in [1.29, 1.82) is 0 Å². The molecule has 0 heterocycles. The van der Waals surface area contributed by atoms with Crippen molar-refractivity contribution in [2.24, 2.45) is 0 Å². The largest absolute Gasteiger partial charge is 0.310 e. The Hall–Kier alpha value is -6.18. The number of hydrogen-bond acceptors (Lipinski definition) is 1. The molecule has 0 unspecified atom stereocenters. The van der Waals surface area contributed by atoms with Crippen LogP contribution in [0.15, 0.2) is 169 Å². The molecule has 276 valence electrons. The summed E-state index contributed by atoms with van der Waals surface area (Å²) in [4.78, 5) is 2.54. The Bertz CT molecular complexity index is 2850. The number of anilines is 3. The Labute approximate surface area is 337 Å². The summed E-state index contributed by atoms with van der Waals surface area (Å²) in [6.45, 7) is 14.0. The van der Waals surface area contributed by atoms with Gasteiger partial charge in [0.25, 0.3) is 0 Å². The number of nitrogens with zero attached hydrogens (tertiary/aromatic N) is 1. The van der Waals surface area contributed by atoms with Gasteiger partial charge < -0.3 is 4.90 Å². The van der Waals surface area contributed by atoms with Gasteiger partial charge in [0.15, 0.2) is 0 Å². The second-order valence-electron chi connectivity index (χ2n) is 17.4. The Morgan fingerprint density at radius 2 is 0.807 bits per heavy atom. The minimum atomic E-state index is -0.414. The van der Waals surface area contributed by atoms with Crippen LogP contribution in [0.1, 0.15) is 92.5 Å². The van der Waals surface area contributed by atoms with Crippen LogP contribution in [0, 0.1) is 0 Å². The quantitative estimate of drug-likeness (QED) is 0.174. The molecular formula is C56H47N. The van der Waals surface area contributed by atoms with Crippen molar-refractivity contribution in [2.75, 3.05) is 4.90 Å². The summed E-state index contributed by atoms with van der Waals surface area (Å²) in [6.07, 6.45) is 5.76. The molecule has 0 saturated heterocycles. The number of hydrogen-bond donors (Lipinski definition) is 0. The predicted molar refractivity (Wildman–Crippen MR) is 240 cm³/mol. The zero-order valence-corrected chi connectivity index (χ0v) is 33.7. The summed E-state index contributed by atoms with van der Waals surface area (Å²) in [6, 6.07) is 58.0. The van der Waals surface area contributed by atoms with Gasteiger partial charge in [0.2, 0.25) is 0 Å². The van der Waals surface area contributed by atoms with Gasteiger partial charge in [-0.3, -0.25) is 0 Å². The van der Waals surface area contributed by atoms with Gasteiger partial charge in [0, 0.05) is 27.9 Å². The zero-order chi connectivity index (χ0) is 38.8. The average molecular weight is 734 g/mol. The molecule has 1 spiro atoms. The van der Waals surface area contributed by atoms with Crippen LogP contribution < -0.4 is 4.90 Å². The maximum atomic E-state index is 2.54. The van der Waals surface area contributed by atoms with E-state index in [1.807, 2.05) is 0 Å². The van der Waals surface area contributed by atoms with E-state index in [2.05, 4.69) is 210 Å². The highest BCUT2D eigenvalue weighted by Crippen LogP contribution is 2.63. The standard InChI is InChI=1S/C56H47N/c1-7-17-46-38(8-2)43-29-26-35(32-51(43)54(46,3)4)57(36-27-30-44-39-18-9-13-22-47(39)55(5,6)52(44)33-36)37-28-31-45-42-21-12-16-25-50(42)56(53(45)34-37)48-23-14-10-19-40(48)41-20-11-15-24-49(41)56/h8-34H,7H2,1-6H3/b38-8?,46-17+. The normalized spacial score (nSPS) is 17.9. The van der Waals surface area contributed by atoms with E-state index >= 15 is 0 Å². The fourth-order valence-corrected chi connectivity index (χ4v) is 11.4. The van der Waals surface area contributed by atoms with Crippen LogP contribution >= 0.6 is 0 Å². The van der Waals surface area contributed by atoms with E-state index in [4.69, 9.17) is 0 Å². The highest BCUT2D eigenvalue weighted by molar-refractivity contribution is 5.97. The molecule has 1 heteroatoms. The van der Waals surface area contributed by atoms with Crippen molar-refractivity contribution in [3.8, 4) is 33.4 Å². The van der Waals surface area contributed by atoms with E-state index in [1.54, 1.807) is 0 Å². The summed E-state index contributed by atoms with van der Waals surface area (Å²) < 4.78 is 0. The third-order valence-corrected chi connectivity index (χ3v) is 13.9. The van der Waals surface area contributed by atoms with Gasteiger partial charge in [-0.1, -0.05) is 162 Å². The molecule has 0 aliphatic heterocycles. The van der Waals surface area contributed by atoms with Crippen LogP contribution in [0.4, 0.5) is 17.1 Å². The fourth-order valence-electron chi connectivity index (χ4n) is 11.4. The van der Waals surface area contributed by atoms with Gasteiger partial charge >= 0.3 is 0 Å². The maximum absolute atomic E-state index is 2.54. The fraction of sp³-hybridized carbons (Fsp3) is 0.179. The molecule has 0 aromatic heterocycles. The van der Waals surface area contributed by atoms with Crippen LogP contribution in [-0.2, 0) is 16.2 Å². The smallest absolute Gasteiger partial charge is 0.0726 e. The van der Waals surface area contributed by atoms with Gasteiger partial charge in [-0.15, -0.1) is 0 Å². The molecule has 0 bridgehead atoms. The van der Waals surface area contributed by atoms with Gasteiger partial charge in [-0.05, 0) is 139 Å². The molecule has 7 aromatic carbocycles. The number of benzene rings is 7. The summed E-state index contributed by atoms with van der Waals surface area (Å²) in [7, 11) is 0. The minimum absolute atomic E-state index is 0.114. The maximum Gasteiger partial charge on any atom is 0.0726 e. The first kappa shape index (κ1) is 34.1. The van der Waals surface area contributed by atoms with Gasteiger partial charge in [0.1, 0.15) is 0 Å². The van der Waals surface area contributed by atoms with E-state index in [1.165, 1.54) is 106 Å². The van der Waals surface area contributed by atoms with Crippen LogP contribution in [0.25, 0.3) is 39.0 Å². The van der Waals surface area contributed by atoms with Crippen molar-refractivity contribution < 1.29 is 0 Å². The van der Waals surface area contributed by atoms with Crippen molar-refractivity contribution in [3.63, 3.8) is 0 Å². The third-order valence-electron chi connectivity index (χ3n) is 13.9. The second kappa shape index (κ2) is 11.9. The molecule has 11 rings (SSSR count). The molecule has 0 atom stereocenters. The van der Waals surface area contributed by atoms with E-state index in [-0.39, 0.29) is 10.8 Å². The molecule has 0 saturated carbocycles. The minimum Gasteiger partial charge on any atom is -0.310 e. The lowest BCUT2D eigenvalue weighted by atomic mass is 9.70. The summed E-state index contributed by atoms with van der Waals surface area (Å²) >= 11 is 0. The van der Waals surface area contributed by atoms with Crippen LogP contribution in [0.5, 0.6) is 0 Å². The average Bonchev–Trinajstić information content (AvgIpc) is 3.86. The Morgan fingerprint density at radius 1 is 0.421 bits per heavy atom. The zero-order valence-electron chi connectivity index (χ0n) is 33.7. The van der Waals surface area contributed by atoms with E-state index in [9.17, 15) is 0 Å². The topological polar surface area (TPSA) is 3.24 Å². The predicted octanol–water partition coefficient (Wildman–Crippen LogP) is 14.8. The Morgan fingerprint density at radius 3 is 1.30 bits per heavy atom. The molecule has 57 heavy (non-hydrogen) atoms. The molecule has 0 amide bonds. The van der Waals surface area contributed by atoms with Gasteiger partial charge in [0.05, 0.1) is 5.41 Å². The first-order chi connectivity index (χ1) is 27.7. The molecule has 7 aromatic rings. The molecular weight excluding hydrogens is 687 g/mol. The highest BCUT2D eigenvalue weighted by atomic mass is 15.1. The molecule has 4 aliphatic carbocycles. The SMILES string of the molecule is CC=C1/C(=C\CC)C(C)(C)c2cc(N(c3ccc4c(c3)C(C)(C)c3ccccc3-4)c3ccc4c(c3)C3(c5ccccc5-c5ccccc53)c3ccccc3-4)ccc21.